The fourth-order valence-corrected chi connectivity index (χ4v) is 5.09. The van der Waals surface area contributed by atoms with Crippen molar-refractivity contribution in [2.45, 2.75) is 33.3 Å². The Morgan fingerprint density at radius 2 is 1.92 bits per heavy atom. The lowest BCUT2D eigenvalue weighted by molar-refractivity contribution is 0.201. The number of fused-ring (bicyclic) bond motifs is 2. The quantitative estimate of drug-likeness (QED) is 0.155. The molecule has 1 atom stereocenters. The minimum atomic E-state index is -0.331. The summed E-state index contributed by atoms with van der Waals surface area (Å²) in [4.78, 5) is 18.4. The Labute approximate surface area is 246 Å². The van der Waals surface area contributed by atoms with Gasteiger partial charge in [-0.05, 0) is 94.6 Å². The summed E-state index contributed by atoms with van der Waals surface area (Å²) >= 11 is 13.5. The van der Waals surface area contributed by atoms with Gasteiger partial charge < -0.3 is 13.9 Å². The van der Waals surface area contributed by atoms with Crippen molar-refractivity contribution in [3.8, 4) is 23.1 Å². The third-order valence-electron chi connectivity index (χ3n) is 6.11. The number of benzene rings is 3. The van der Waals surface area contributed by atoms with Gasteiger partial charge in [0.1, 0.15) is 5.58 Å². The Morgan fingerprint density at radius 3 is 2.69 bits per heavy atom. The molecule has 0 bridgehead atoms. The molecule has 0 amide bonds. The van der Waals surface area contributed by atoms with Crippen LogP contribution in [0.2, 0.25) is 5.02 Å². The van der Waals surface area contributed by atoms with Crippen LogP contribution in [0.4, 0.5) is 0 Å². The molecule has 0 fully saturated rings. The molecule has 0 saturated carbocycles. The van der Waals surface area contributed by atoms with Gasteiger partial charge in [-0.2, -0.15) is 9.78 Å². The van der Waals surface area contributed by atoms with E-state index < -0.39 is 0 Å². The standard InChI is InChI=1S/C29H24Br2ClN3O4/c1-4-16(3)38-27-23(37-5-2)14-18(25(30)26(27)31)15-33-35-28(34-21-9-7-6-8-20(21)29(35)36)24-13-17-12-19(32)10-11-22(17)39-24/h6-16H,4-5H2,1-3H3/t16-/m0/s1. The van der Waals surface area contributed by atoms with Crippen molar-refractivity contribution in [1.29, 1.82) is 0 Å². The van der Waals surface area contributed by atoms with Gasteiger partial charge in [0, 0.05) is 20.4 Å². The van der Waals surface area contributed by atoms with Gasteiger partial charge in [0.15, 0.2) is 17.3 Å². The number of furan rings is 1. The maximum atomic E-state index is 13.6. The number of para-hydroxylation sites is 1. The first kappa shape index (κ1) is 27.4. The molecule has 0 aliphatic carbocycles. The average Bonchev–Trinajstić information content (AvgIpc) is 3.35. The summed E-state index contributed by atoms with van der Waals surface area (Å²) in [5.41, 5.74) is 1.50. The van der Waals surface area contributed by atoms with Gasteiger partial charge in [-0.25, -0.2) is 4.98 Å². The highest BCUT2D eigenvalue weighted by molar-refractivity contribution is 9.13. The van der Waals surface area contributed by atoms with E-state index in [-0.39, 0.29) is 17.5 Å². The van der Waals surface area contributed by atoms with Crippen molar-refractivity contribution in [3.05, 3.63) is 84.5 Å². The van der Waals surface area contributed by atoms with Gasteiger partial charge in [0.2, 0.25) is 5.82 Å². The van der Waals surface area contributed by atoms with Crippen molar-refractivity contribution < 1.29 is 13.9 Å². The van der Waals surface area contributed by atoms with Crippen LogP contribution in [-0.4, -0.2) is 28.6 Å². The van der Waals surface area contributed by atoms with Crippen molar-refractivity contribution in [1.82, 2.24) is 9.66 Å². The highest BCUT2D eigenvalue weighted by Crippen LogP contribution is 2.43. The third kappa shape index (κ3) is 5.48. The predicted molar refractivity (Wildman–Crippen MR) is 163 cm³/mol. The van der Waals surface area contributed by atoms with Crippen molar-refractivity contribution in [2.75, 3.05) is 6.61 Å². The van der Waals surface area contributed by atoms with Gasteiger partial charge in [0.25, 0.3) is 5.56 Å². The predicted octanol–water partition coefficient (Wildman–Crippen LogP) is 8.45. The van der Waals surface area contributed by atoms with Crippen LogP contribution in [0.25, 0.3) is 33.5 Å². The summed E-state index contributed by atoms with van der Waals surface area (Å²) in [5.74, 6) is 1.81. The second kappa shape index (κ2) is 11.5. The largest absolute Gasteiger partial charge is 0.490 e. The Kier molecular flexibility index (Phi) is 8.11. The van der Waals surface area contributed by atoms with E-state index in [4.69, 9.17) is 30.5 Å². The van der Waals surface area contributed by atoms with E-state index >= 15 is 0 Å². The van der Waals surface area contributed by atoms with Crippen molar-refractivity contribution in [2.24, 2.45) is 5.10 Å². The van der Waals surface area contributed by atoms with Crippen LogP contribution in [0.5, 0.6) is 11.5 Å². The lowest BCUT2D eigenvalue weighted by atomic mass is 10.2. The Hall–Kier alpha value is -3.14. The zero-order chi connectivity index (χ0) is 27.7. The maximum Gasteiger partial charge on any atom is 0.282 e. The van der Waals surface area contributed by atoms with Crippen LogP contribution in [0.1, 0.15) is 32.8 Å². The first-order valence-corrected chi connectivity index (χ1v) is 14.3. The number of hydrogen-bond acceptors (Lipinski definition) is 6. The van der Waals surface area contributed by atoms with Gasteiger partial charge in [-0.3, -0.25) is 4.79 Å². The molecule has 5 rings (SSSR count). The Bertz CT molecular complexity index is 1780. The topological polar surface area (TPSA) is 78.9 Å². The summed E-state index contributed by atoms with van der Waals surface area (Å²) in [6.07, 6.45) is 2.41. The first-order chi connectivity index (χ1) is 18.8. The maximum absolute atomic E-state index is 13.6. The summed E-state index contributed by atoms with van der Waals surface area (Å²) < 4.78 is 20.7. The van der Waals surface area contributed by atoms with Crippen LogP contribution in [0.3, 0.4) is 0 Å². The lowest BCUT2D eigenvalue weighted by Gasteiger charge is -2.19. The molecule has 0 N–H and O–H groups in total. The molecular formula is C29H24Br2ClN3O4. The normalized spacial score (nSPS) is 12.5. The van der Waals surface area contributed by atoms with Gasteiger partial charge in [0.05, 0.1) is 34.3 Å². The van der Waals surface area contributed by atoms with Gasteiger partial charge in [-0.1, -0.05) is 30.7 Å². The molecule has 0 radical (unpaired) electrons. The molecule has 0 spiro atoms. The molecule has 10 heteroatoms. The van der Waals surface area contributed by atoms with Crippen LogP contribution in [-0.2, 0) is 0 Å². The number of halogens is 3. The summed E-state index contributed by atoms with van der Waals surface area (Å²) in [5, 5.41) is 6.39. The smallest absolute Gasteiger partial charge is 0.282 e. The number of rotatable bonds is 8. The van der Waals surface area contributed by atoms with E-state index in [1.807, 2.05) is 26.0 Å². The second-order valence-corrected chi connectivity index (χ2v) is 10.8. The Balaban J connectivity index is 1.67. The molecule has 3 aromatic carbocycles. The molecule has 0 saturated heterocycles. The first-order valence-electron chi connectivity index (χ1n) is 12.4. The second-order valence-electron chi connectivity index (χ2n) is 8.80. The van der Waals surface area contributed by atoms with E-state index in [0.717, 1.165) is 11.8 Å². The summed E-state index contributed by atoms with van der Waals surface area (Å²) in [6.45, 7) is 6.41. The molecule has 0 aliphatic heterocycles. The van der Waals surface area contributed by atoms with E-state index in [0.29, 0.717) is 59.9 Å². The van der Waals surface area contributed by atoms with E-state index in [1.54, 1.807) is 48.7 Å². The monoisotopic (exact) mass is 671 g/mol. The molecule has 2 aromatic heterocycles. The molecule has 39 heavy (non-hydrogen) atoms. The highest BCUT2D eigenvalue weighted by Gasteiger charge is 2.20. The number of ether oxygens (including phenoxy) is 2. The molecule has 7 nitrogen and oxygen atoms in total. The van der Waals surface area contributed by atoms with E-state index in [9.17, 15) is 4.79 Å². The molecule has 5 aromatic rings. The zero-order valence-electron chi connectivity index (χ0n) is 21.4. The summed E-state index contributed by atoms with van der Waals surface area (Å²) in [7, 11) is 0. The minimum absolute atomic E-state index is 0.00424. The zero-order valence-corrected chi connectivity index (χ0v) is 25.3. The van der Waals surface area contributed by atoms with Gasteiger partial charge in [-0.15, -0.1) is 0 Å². The molecule has 0 unspecified atom stereocenters. The van der Waals surface area contributed by atoms with E-state index in [2.05, 4.69) is 43.9 Å². The average molecular weight is 674 g/mol. The van der Waals surface area contributed by atoms with Crippen LogP contribution in [0.15, 0.2) is 77.9 Å². The van der Waals surface area contributed by atoms with Crippen LogP contribution in [0, 0.1) is 0 Å². The van der Waals surface area contributed by atoms with E-state index in [1.165, 1.54) is 4.68 Å². The molecule has 2 heterocycles. The van der Waals surface area contributed by atoms with Gasteiger partial charge >= 0.3 is 0 Å². The SMILES string of the molecule is CCOc1cc(C=Nn2c(-c3cc4cc(Cl)ccc4o3)nc3ccccc3c2=O)c(Br)c(Br)c1O[C@@H](C)CC. The fraction of sp³-hybridized carbons (Fsp3) is 0.207. The fourth-order valence-electron chi connectivity index (χ4n) is 3.99. The van der Waals surface area contributed by atoms with Crippen molar-refractivity contribution in [3.63, 3.8) is 0 Å². The lowest BCUT2D eigenvalue weighted by Crippen LogP contribution is -2.20. The minimum Gasteiger partial charge on any atom is -0.490 e. The Morgan fingerprint density at radius 1 is 1.13 bits per heavy atom. The number of aromatic nitrogens is 2. The highest BCUT2D eigenvalue weighted by atomic mass is 79.9. The van der Waals surface area contributed by atoms with Crippen molar-refractivity contribution >= 4 is 71.5 Å². The van der Waals surface area contributed by atoms with Crippen LogP contribution >= 0.6 is 43.5 Å². The summed E-state index contributed by atoms with van der Waals surface area (Å²) in [6, 6.07) is 16.1. The molecule has 200 valence electrons. The molecule has 0 aliphatic rings. The molecular weight excluding hydrogens is 650 g/mol. The third-order valence-corrected chi connectivity index (χ3v) is 8.49. The van der Waals surface area contributed by atoms with Crippen LogP contribution < -0.4 is 15.0 Å². The number of hydrogen-bond donors (Lipinski definition) is 0. The number of nitrogens with zero attached hydrogens (tertiary/aromatic N) is 3.